The zero-order valence-corrected chi connectivity index (χ0v) is 25.8. The summed E-state index contributed by atoms with van der Waals surface area (Å²) in [4.78, 5) is 51.1. The minimum atomic E-state index is -0.754. The summed E-state index contributed by atoms with van der Waals surface area (Å²) < 4.78 is 5.34. The fraction of sp³-hybridized carbons (Fsp3) is 0.613. The Morgan fingerprint density at radius 2 is 1.56 bits per heavy atom. The average Bonchev–Trinajstić information content (AvgIpc) is 3.09. The van der Waals surface area contributed by atoms with E-state index in [2.05, 4.69) is 30.7 Å². The van der Waals surface area contributed by atoms with Crippen LogP contribution in [-0.2, 0) is 4.74 Å². The second kappa shape index (κ2) is 14.4. The average molecular weight is 621 g/mol. The fourth-order valence-corrected chi connectivity index (χ4v) is 6.75. The molecule has 4 aliphatic rings. The number of morpholine rings is 1. The van der Waals surface area contributed by atoms with Crippen molar-refractivity contribution < 1.29 is 19.1 Å². The number of hydrogen-bond acceptors (Lipinski definition) is 10. The number of nitrogens with zero attached hydrogens (tertiary/aromatic N) is 7. The molecule has 1 aromatic heterocycles. The number of carbonyl (C=O) groups excluding carboxylic acids is 3. The van der Waals surface area contributed by atoms with Crippen molar-refractivity contribution in [3.05, 3.63) is 35.5 Å². The lowest BCUT2D eigenvalue weighted by Gasteiger charge is -2.41. The van der Waals surface area contributed by atoms with Crippen molar-refractivity contribution in [1.29, 1.82) is 0 Å². The van der Waals surface area contributed by atoms with Crippen LogP contribution in [0.4, 0.5) is 22.2 Å². The maximum Gasteiger partial charge on any atom is 0.317 e. The first-order chi connectivity index (χ1) is 21.9. The molecule has 0 saturated carbocycles. The van der Waals surface area contributed by atoms with Crippen LogP contribution in [0.5, 0.6) is 0 Å². The summed E-state index contributed by atoms with van der Waals surface area (Å²) in [6.07, 6.45) is 7.66. The number of carbonyl (C=O) groups is 3. The van der Waals surface area contributed by atoms with Gasteiger partial charge in [0.1, 0.15) is 0 Å². The van der Waals surface area contributed by atoms with Gasteiger partial charge in [0, 0.05) is 62.6 Å². The van der Waals surface area contributed by atoms with Crippen molar-refractivity contribution in [2.75, 3.05) is 75.8 Å². The molecular formula is C31H44N10O4. The topological polar surface area (TPSA) is 162 Å². The number of nitrogens with two attached hydrogens (primary N) is 1. The van der Waals surface area contributed by atoms with Gasteiger partial charge in [0.05, 0.1) is 13.2 Å². The quantitative estimate of drug-likeness (QED) is 0.416. The Kier molecular flexibility index (Phi) is 9.89. The number of amides is 4. The van der Waals surface area contributed by atoms with Crippen LogP contribution in [0.15, 0.2) is 24.3 Å². The van der Waals surface area contributed by atoms with Crippen molar-refractivity contribution in [1.82, 2.24) is 35.2 Å². The smallest absolute Gasteiger partial charge is 0.317 e. The lowest BCUT2D eigenvalue weighted by Crippen LogP contribution is -2.55. The molecule has 5 heterocycles. The standard InChI is InChI=1S/C31H44N10O4/c32-27(42)26-28(33-23-8-6-22(7-9-23)29(43)39-17-19-45-20-18-39)35-30(37-36-26)41-14-4-5-24(21-41)34-31(44)40-15-10-25(11-16-40)38-12-2-1-3-13-38/h6-9,24-25H,1-5,10-21H2,(H2,32,42)(H,34,44)(H,33,35,37). The van der Waals surface area contributed by atoms with Gasteiger partial charge in [-0.3, -0.25) is 9.59 Å². The highest BCUT2D eigenvalue weighted by atomic mass is 16.5. The Balaban J connectivity index is 1.06. The summed E-state index contributed by atoms with van der Waals surface area (Å²) in [5.41, 5.74) is 6.69. The van der Waals surface area contributed by atoms with Crippen LogP contribution in [0.1, 0.15) is 65.8 Å². The van der Waals surface area contributed by atoms with Crippen LogP contribution < -0.4 is 21.3 Å². The number of aromatic nitrogens is 3. The van der Waals surface area contributed by atoms with E-state index < -0.39 is 5.91 Å². The van der Waals surface area contributed by atoms with Gasteiger partial charge in [-0.1, -0.05) is 6.42 Å². The first kappa shape index (κ1) is 31.0. The lowest BCUT2D eigenvalue weighted by atomic mass is 10.00. The zero-order valence-electron chi connectivity index (χ0n) is 25.8. The van der Waals surface area contributed by atoms with E-state index in [0.29, 0.717) is 62.6 Å². The Morgan fingerprint density at radius 1 is 0.822 bits per heavy atom. The molecule has 6 rings (SSSR count). The highest BCUT2D eigenvalue weighted by molar-refractivity contribution is 5.97. The van der Waals surface area contributed by atoms with Gasteiger partial charge in [0.2, 0.25) is 5.95 Å². The normalized spacial score (nSPS) is 21.8. The van der Waals surface area contributed by atoms with Crippen LogP contribution in [-0.4, -0.2) is 125 Å². The van der Waals surface area contributed by atoms with Crippen molar-refractivity contribution in [3.8, 4) is 0 Å². The van der Waals surface area contributed by atoms with Crippen molar-refractivity contribution in [3.63, 3.8) is 0 Å². The molecule has 2 aromatic rings. The second-order valence-corrected chi connectivity index (χ2v) is 12.3. The van der Waals surface area contributed by atoms with Gasteiger partial charge in [0.15, 0.2) is 11.5 Å². The number of benzene rings is 1. The molecule has 1 atom stereocenters. The number of nitrogens with one attached hydrogen (secondary N) is 2. The number of likely N-dealkylation sites (tertiary alicyclic amines) is 2. The van der Waals surface area contributed by atoms with E-state index in [4.69, 9.17) is 10.5 Å². The van der Waals surface area contributed by atoms with Gasteiger partial charge in [-0.05, 0) is 75.9 Å². The summed E-state index contributed by atoms with van der Waals surface area (Å²) in [5, 5.41) is 14.7. The largest absolute Gasteiger partial charge is 0.378 e. The van der Waals surface area contributed by atoms with E-state index in [1.54, 1.807) is 29.2 Å². The third kappa shape index (κ3) is 7.61. The molecule has 0 spiro atoms. The molecule has 45 heavy (non-hydrogen) atoms. The number of primary amides is 1. The summed E-state index contributed by atoms with van der Waals surface area (Å²) in [6, 6.07) is 7.48. The SMILES string of the molecule is NC(=O)c1nnc(N2CCCC(NC(=O)N3CCC(N4CCCCC4)CC3)C2)nc1Nc1ccc(C(=O)N2CCOCC2)cc1. The molecule has 4 saturated heterocycles. The number of hydrogen-bond donors (Lipinski definition) is 3. The monoisotopic (exact) mass is 620 g/mol. The molecule has 1 unspecified atom stereocenters. The highest BCUT2D eigenvalue weighted by Gasteiger charge is 2.30. The van der Waals surface area contributed by atoms with Crippen LogP contribution in [0, 0.1) is 0 Å². The highest BCUT2D eigenvalue weighted by Crippen LogP contribution is 2.24. The van der Waals surface area contributed by atoms with Gasteiger partial charge in [-0.2, -0.15) is 4.98 Å². The van der Waals surface area contributed by atoms with E-state index in [9.17, 15) is 14.4 Å². The molecule has 14 nitrogen and oxygen atoms in total. The first-order valence-corrected chi connectivity index (χ1v) is 16.3. The van der Waals surface area contributed by atoms with Gasteiger partial charge >= 0.3 is 6.03 Å². The van der Waals surface area contributed by atoms with Crippen molar-refractivity contribution >= 4 is 35.3 Å². The fourth-order valence-electron chi connectivity index (χ4n) is 6.75. The molecule has 4 fully saturated rings. The Morgan fingerprint density at radius 3 is 2.27 bits per heavy atom. The summed E-state index contributed by atoms with van der Waals surface area (Å²) >= 11 is 0. The maximum atomic E-state index is 13.2. The molecule has 1 aromatic carbocycles. The van der Waals surface area contributed by atoms with E-state index in [1.165, 1.54) is 32.4 Å². The van der Waals surface area contributed by atoms with E-state index in [-0.39, 0.29) is 29.5 Å². The number of rotatable bonds is 7. The molecule has 242 valence electrons. The third-order valence-electron chi connectivity index (χ3n) is 9.29. The van der Waals surface area contributed by atoms with Gasteiger partial charge in [0.25, 0.3) is 11.8 Å². The summed E-state index contributed by atoms with van der Waals surface area (Å²) in [6.45, 7) is 7.36. The van der Waals surface area contributed by atoms with Gasteiger partial charge < -0.3 is 40.7 Å². The van der Waals surface area contributed by atoms with Gasteiger partial charge in [-0.15, -0.1) is 10.2 Å². The molecular weight excluding hydrogens is 576 g/mol. The first-order valence-electron chi connectivity index (χ1n) is 16.3. The van der Waals surface area contributed by atoms with Crippen LogP contribution in [0.2, 0.25) is 0 Å². The van der Waals surface area contributed by atoms with Gasteiger partial charge in [-0.25, -0.2) is 4.79 Å². The van der Waals surface area contributed by atoms with Crippen LogP contribution >= 0.6 is 0 Å². The molecule has 0 aliphatic carbocycles. The zero-order chi connectivity index (χ0) is 31.2. The van der Waals surface area contributed by atoms with E-state index in [0.717, 1.165) is 38.8 Å². The summed E-state index contributed by atoms with van der Waals surface area (Å²) in [7, 11) is 0. The van der Waals surface area contributed by atoms with Crippen molar-refractivity contribution in [2.45, 2.75) is 57.0 Å². The molecule has 4 N–H and O–H groups in total. The maximum absolute atomic E-state index is 13.2. The predicted molar refractivity (Wildman–Crippen MR) is 169 cm³/mol. The van der Waals surface area contributed by atoms with Crippen molar-refractivity contribution in [2.24, 2.45) is 5.73 Å². The number of ether oxygens (including phenoxy) is 1. The molecule has 0 bridgehead atoms. The molecule has 0 radical (unpaired) electrons. The number of piperidine rings is 3. The van der Waals surface area contributed by atoms with E-state index in [1.807, 2.05) is 9.80 Å². The number of anilines is 3. The Hall–Kier alpha value is -4.04. The second-order valence-electron chi connectivity index (χ2n) is 12.3. The minimum Gasteiger partial charge on any atom is -0.378 e. The molecule has 14 heteroatoms. The van der Waals surface area contributed by atoms with Crippen LogP contribution in [0.25, 0.3) is 0 Å². The minimum absolute atomic E-state index is 0.0139. The lowest BCUT2D eigenvalue weighted by molar-refractivity contribution is 0.0303. The molecule has 4 amide bonds. The van der Waals surface area contributed by atoms with Crippen LogP contribution in [0.3, 0.4) is 0 Å². The predicted octanol–water partition coefficient (Wildman–Crippen LogP) is 1.82. The Labute approximate surface area is 263 Å². The number of urea groups is 1. The Bertz CT molecular complexity index is 1340. The molecule has 4 aliphatic heterocycles. The van der Waals surface area contributed by atoms with E-state index >= 15 is 0 Å². The third-order valence-corrected chi connectivity index (χ3v) is 9.29. The summed E-state index contributed by atoms with van der Waals surface area (Å²) in [5.74, 6) is -0.274.